The fraction of sp³-hybridized carbons (Fsp3) is 0.538. The molecular formula is C13H15F4NO2. The summed E-state index contributed by atoms with van der Waals surface area (Å²) >= 11 is 0. The van der Waals surface area contributed by atoms with Gasteiger partial charge in [0.1, 0.15) is 5.82 Å². The molecule has 1 aromatic carbocycles. The second-order valence-electron chi connectivity index (χ2n) is 5.04. The fourth-order valence-electron chi connectivity index (χ4n) is 2.38. The molecule has 0 aromatic heterocycles. The monoisotopic (exact) mass is 293 g/mol. The standard InChI is InChI=1S/C13H15F4NO2/c14-12-2-1-9(13(15,16)17)3-8(12)5-18-6-10(19)4-11(20)7-18/h1-3,10-11,19-20H,4-7H2/t10-,11-/m1/s1. The Morgan fingerprint density at radius 1 is 1.15 bits per heavy atom. The highest BCUT2D eigenvalue weighted by Gasteiger charge is 2.31. The van der Waals surface area contributed by atoms with E-state index in [1.54, 1.807) is 0 Å². The zero-order chi connectivity index (χ0) is 14.9. The van der Waals surface area contributed by atoms with Gasteiger partial charge in [-0.2, -0.15) is 13.2 Å². The predicted octanol–water partition coefficient (Wildman–Crippen LogP) is 1.77. The van der Waals surface area contributed by atoms with Crippen LogP contribution in [0.4, 0.5) is 17.6 Å². The Hall–Kier alpha value is -1.18. The maximum Gasteiger partial charge on any atom is 0.416 e. The van der Waals surface area contributed by atoms with Crippen molar-refractivity contribution < 1.29 is 27.8 Å². The number of aliphatic hydroxyl groups excluding tert-OH is 2. The molecule has 2 atom stereocenters. The van der Waals surface area contributed by atoms with Crippen molar-refractivity contribution in [1.82, 2.24) is 4.90 Å². The van der Waals surface area contributed by atoms with Gasteiger partial charge in [0.15, 0.2) is 0 Å². The van der Waals surface area contributed by atoms with Gasteiger partial charge in [0.25, 0.3) is 0 Å². The molecule has 112 valence electrons. The minimum absolute atomic E-state index is 0.0795. The normalized spacial score (nSPS) is 24.9. The molecule has 0 unspecified atom stereocenters. The van der Waals surface area contributed by atoms with Crippen LogP contribution < -0.4 is 0 Å². The largest absolute Gasteiger partial charge is 0.416 e. The van der Waals surface area contributed by atoms with Crippen LogP contribution >= 0.6 is 0 Å². The molecule has 1 aliphatic heterocycles. The van der Waals surface area contributed by atoms with Gasteiger partial charge in [-0.05, 0) is 18.2 Å². The summed E-state index contributed by atoms with van der Waals surface area (Å²) in [6.07, 6.45) is -5.81. The van der Waals surface area contributed by atoms with Crippen molar-refractivity contribution in [3.8, 4) is 0 Å². The van der Waals surface area contributed by atoms with Gasteiger partial charge in [-0.1, -0.05) is 0 Å². The highest BCUT2D eigenvalue weighted by molar-refractivity contribution is 5.27. The number of alkyl halides is 3. The number of β-amino-alcohol motifs (C(OH)–C–C–N with tert-alkyl or cyclic N) is 2. The van der Waals surface area contributed by atoms with Crippen LogP contribution in [0.15, 0.2) is 18.2 Å². The van der Waals surface area contributed by atoms with Gasteiger partial charge in [-0.3, -0.25) is 4.90 Å². The summed E-state index contributed by atoms with van der Waals surface area (Å²) in [5.74, 6) is -0.729. The molecule has 3 nitrogen and oxygen atoms in total. The molecule has 20 heavy (non-hydrogen) atoms. The Bertz CT molecular complexity index is 468. The third kappa shape index (κ3) is 3.68. The molecule has 0 aliphatic carbocycles. The summed E-state index contributed by atoms with van der Waals surface area (Å²) in [6, 6.07) is 2.25. The lowest BCUT2D eigenvalue weighted by Crippen LogP contribution is -2.45. The van der Waals surface area contributed by atoms with Crippen LogP contribution in [0.5, 0.6) is 0 Å². The quantitative estimate of drug-likeness (QED) is 0.817. The van der Waals surface area contributed by atoms with Gasteiger partial charge in [-0.25, -0.2) is 4.39 Å². The molecule has 0 amide bonds. The highest BCUT2D eigenvalue weighted by atomic mass is 19.4. The van der Waals surface area contributed by atoms with Crippen molar-refractivity contribution in [2.45, 2.75) is 31.3 Å². The number of aliphatic hydroxyl groups is 2. The predicted molar refractivity (Wildman–Crippen MR) is 63.3 cm³/mol. The maximum atomic E-state index is 13.6. The van der Waals surface area contributed by atoms with Crippen molar-refractivity contribution in [3.05, 3.63) is 35.1 Å². The van der Waals surface area contributed by atoms with E-state index in [0.29, 0.717) is 6.07 Å². The lowest BCUT2D eigenvalue weighted by Gasteiger charge is -2.33. The number of nitrogens with zero attached hydrogens (tertiary/aromatic N) is 1. The summed E-state index contributed by atoms with van der Waals surface area (Å²) in [4.78, 5) is 1.54. The van der Waals surface area contributed by atoms with E-state index >= 15 is 0 Å². The summed E-state index contributed by atoms with van der Waals surface area (Å²) < 4.78 is 51.3. The number of hydrogen-bond donors (Lipinski definition) is 2. The van der Waals surface area contributed by atoms with Crippen LogP contribution in [-0.2, 0) is 12.7 Å². The molecule has 0 spiro atoms. The minimum atomic E-state index is -4.52. The van der Waals surface area contributed by atoms with Crippen molar-refractivity contribution in [3.63, 3.8) is 0 Å². The van der Waals surface area contributed by atoms with Gasteiger partial charge >= 0.3 is 6.18 Å². The molecule has 0 bridgehead atoms. The highest BCUT2D eigenvalue weighted by Crippen LogP contribution is 2.30. The van der Waals surface area contributed by atoms with Crippen LogP contribution in [0.3, 0.4) is 0 Å². The second-order valence-corrected chi connectivity index (χ2v) is 5.04. The number of rotatable bonds is 2. The topological polar surface area (TPSA) is 43.7 Å². The molecule has 2 rings (SSSR count). The molecule has 0 saturated carbocycles. The van der Waals surface area contributed by atoms with Crippen LogP contribution in [0.2, 0.25) is 0 Å². The Morgan fingerprint density at radius 3 is 2.30 bits per heavy atom. The number of halogens is 4. The first-order valence-corrected chi connectivity index (χ1v) is 6.20. The van der Waals surface area contributed by atoms with E-state index in [1.807, 2.05) is 0 Å². The van der Waals surface area contributed by atoms with E-state index in [0.717, 1.165) is 12.1 Å². The first kappa shape index (κ1) is 15.2. The zero-order valence-electron chi connectivity index (χ0n) is 10.6. The number of benzene rings is 1. The Labute approximate surface area is 113 Å². The third-order valence-electron chi connectivity index (χ3n) is 3.25. The summed E-state index contributed by atoms with van der Waals surface area (Å²) in [7, 11) is 0. The van der Waals surface area contributed by atoms with Gasteiger partial charge < -0.3 is 10.2 Å². The van der Waals surface area contributed by atoms with Gasteiger partial charge in [0.05, 0.1) is 17.8 Å². The minimum Gasteiger partial charge on any atom is -0.392 e. The fourth-order valence-corrected chi connectivity index (χ4v) is 2.38. The van der Waals surface area contributed by atoms with Crippen LogP contribution in [0.1, 0.15) is 17.5 Å². The van der Waals surface area contributed by atoms with E-state index in [2.05, 4.69) is 0 Å². The first-order chi connectivity index (χ1) is 9.25. The summed E-state index contributed by atoms with van der Waals surface area (Å²) in [5.41, 5.74) is -1.01. The summed E-state index contributed by atoms with van der Waals surface area (Å²) in [5, 5.41) is 19.0. The van der Waals surface area contributed by atoms with E-state index in [1.165, 1.54) is 4.90 Å². The van der Waals surface area contributed by atoms with Crippen LogP contribution in [0, 0.1) is 5.82 Å². The number of piperidine rings is 1. The van der Waals surface area contributed by atoms with Crippen molar-refractivity contribution in [2.24, 2.45) is 0 Å². The van der Waals surface area contributed by atoms with Gasteiger partial charge in [-0.15, -0.1) is 0 Å². The number of likely N-dealkylation sites (tertiary alicyclic amines) is 1. The van der Waals surface area contributed by atoms with E-state index in [9.17, 15) is 27.8 Å². The molecule has 2 N–H and O–H groups in total. The molecule has 1 heterocycles. The molecule has 7 heteroatoms. The molecular weight excluding hydrogens is 278 g/mol. The van der Waals surface area contributed by atoms with Crippen molar-refractivity contribution in [1.29, 1.82) is 0 Å². The van der Waals surface area contributed by atoms with Gasteiger partial charge in [0, 0.05) is 31.6 Å². The number of hydrogen-bond acceptors (Lipinski definition) is 3. The molecule has 1 aromatic rings. The maximum absolute atomic E-state index is 13.6. The van der Waals surface area contributed by atoms with E-state index in [4.69, 9.17) is 0 Å². The van der Waals surface area contributed by atoms with E-state index in [-0.39, 0.29) is 31.6 Å². The average molecular weight is 293 g/mol. The third-order valence-corrected chi connectivity index (χ3v) is 3.25. The zero-order valence-corrected chi connectivity index (χ0v) is 10.6. The Balaban J connectivity index is 2.16. The summed E-state index contributed by atoms with van der Waals surface area (Å²) in [6.45, 7) is 0.323. The lowest BCUT2D eigenvalue weighted by atomic mass is 10.0. The second kappa shape index (κ2) is 5.67. The molecule has 1 saturated heterocycles. The first-order valence-electron chi connectivity index (χ1n) is 6.20. The molecule has 1 fully saturated rings. The van der Waals surface area contributed by atoms with Crippen molar-refractivity contribution in [2.75, 3.05) is 13.1 Å². The lowest BCUT2D eigenvalue weighted by molar-refractivity contribution is -0.137. The van der Waals surface area contributed by atoms with Crippen LogP contribution in [0.25, 0.3) is 0 Å². The average Bonchev–Trinajstić information content (AvgIpc) is 2.29. The Morgan fingerprint density at radius 2 is 1.75 bits per heavy atom. The SMILES string of the molecule is O[C@@H]1C[C@@H](O)CN(Cc2cc(C(F)(F)F)ccc2F)C1. The Kier molecular flexibility index (Phi) is 4.31. The van der Waals surface area contributed by atoms with Crippen molar-refractivity contribution >= 4 is 0 Å². The van der Waals surface area contributed by atoms with E-state index < -0.39 is 29.8 Å². The molecule has 0 radical (unpaired) electrons. The smallest absolute Gasteiger partial charge is 0.392 e. The van der Waals surface area contributed by atoms with Crippen LogP contribution in [-0.4, -0.2) is 40.4 Å². The molecule has 1 aliphatic rings. The van der Waals surface area contributed by atoms with Gasteiger partial charge in [0.2, 0.25) is 0 Å².